The number of hydrogen-bond acceptors (Lipinski definition) is 2. The normalized spacial score (nSPS) is 8.41. The van der Waals surface area contributed by atoms with Gasteiger partial charge in [0.05, 0.1) is 15.5 Å². The molecular formula is C13H24IN3. The zero-order valence-corrected chi connectivity index (χ0v) is 13.0. The standard InChI is InChI=1S/C8H8IN3.2C2H6.CH4/c1-5-3-10-8-7(11-5)6(9)4-12(8)2;2*1-2;/h3-4H,1-2H3;2*1-2H3;1H4. The smallest absolute Gasteiger partial charge is 0.159 e. The Hall–Kier alpha value is -0.650. The van der Waals surface area contributed by atoms with Gasteiger partial charge in [0, 0.05) is 13.2 Å². The van der Waals surface area contributed by atoms with Gasteiger partial charge >= 0.3 is 0 Å². The second-order valence-electron chi connectivity index (χ2n) is 2.77. The fourth-order valence-corrected chi connectivity index (χ4v) is 1.96. The molecule has 0 fully saturated rings. The number of aryl methyl sites for hydroxylation is 2. The summed E-state index contributed by atoms with van der Waals surface area (Å²) in [5.41, 5.74) is 2.91. The predicted octanol–water partition coefficient (Wildman–Crippen LogP) is 4.57. The third-order valence-electron chi connectivity index (χ3n) is 1.74. The van der Waals surface area contributed by atoms with Gasteiger partial charge in [-0.25, -0.2) is 9.97 Å². The lowest BCUT2D eigenvalue weighted by Gasteiger charge is -1.94. The van der Waals surface area contributed by atoms with E-state index in [1.54, 1.807) is 6.20 Å². The van der Waals surface area contributed by atoms with E-state index in [-0.39, 0.29) is 7.43 Å². The molecule has 0 aromatic carbocycles. The van der Waals surface area contributed by atoms with E-state index in [0.29, 0.717) is 0 Å². The van der Waals surface area contributed by atoms with Crippen molar-refractivity contribution in [2.24, 2.45) is 7.05 Å². The first-order valence-corrected chi connectivity index (χ1v) is 6.70. The van der Waals surface area contributed by atoms with Crippen LogP contribution < -0.4 is 0 Å². The Kier molecular flexibility index (Phi) is 10.3. The monoisotopic (exact) mass is 349 g/mol. The molecule has 98 valence electrons. The lowest BCUT2D eigenvalue weighted by molar-refractivity contribution is 0.942. The van der Waals surface area contributed by atoms with E-state index in [1.165, 1.54) is 0 Å². The SMILES string of the molecule is C.CC.CC.Cc1cnc2c(n1)c(I)cn2C. The maximum absolute atomic E-state index is 4.41. The summed E-state index contributed by atoms with van der Waals surface area (Å²) in [5, 5.41) is 0. The molecule has 4 heteroatoms. The molecule has 0 N–H and O–H groups in total. The molecule has 0 unspecified atom stereocenters. The minimum Gasteiger partial charge on any atom is -0.333 e. The first-order valence-electron chi connectivity index (χ1n) is 5.62. The number of fused-ring (bicyclic) bond motifs is 1. The first-order chi connectivity index (χ1) is 7.68. The summed E-state index contributed by atoms with van der Waals surface area (Å²) in [6.07, 6.45) is 3.82. The van der Waals surface area contributed by atoms with Crippen LogP contribution in [0.3, 0.4) is 0 Å². The topological polar surface area (TPSA) is 30.7 Å². The Balaban J connectivity index is 0. The average molecular weight is 349 g/mol. The molecule has 3 nitrogen and oxygen atoms in total. The van der Waals surface area contributed by atoms with Crippen LogP contribution in [-0.2, 0) is 7.05 Å². The number of rotatable bonds is 0. The van der Waals surface area contributed by atoms with Crippen LogP contribution in [0.1, 0.15) is 40.8 Å². The van der Waals surface area contributed by atoms with E-state index < -0.39 is 0 Å². The van der Waals surface area contributed by atoms with Crippen LogP contribution in [-0.4, -0.2) is 14.5 Å². The van der Waals surface area contributed by atoms with E-state index >= 15 is 0 Å². The van der Waals surface area contributed by atoms with Crippen LogP contribution in [0, 0.1) is 10.5 Å². The van der Waals surface area contributed by atoms with Gasteiger partial charge in [-0.15, -0.1) is 0 Å². The van der Waals surface area contributed by atoms with E-state index in [2.05, 4.69) is 32.6 Å². The van der Waals surface area contributed by atoms with Crippen molar-refractivity contribution in [1.82, 2.24) is 14.5 Å². The molecule has 0 aliphatic heterocycles. The highest BCUT2D eigenvalue weighted by atomic mass is 127. The summed E-state index contributed by atoms with van der Waals surface area (Å²) in [6, 6.07) is 0. The molecule has 0 saturated carbocycles. The Morgan fingerprint density at radius 2 is 1.71 bits per heavy atom. The predicted molar refractivity (Wildman–Crippen MR) is 85.4 cm³/mol. The summed E-state index contributed by atoms with van der Waals surface area (Å²) >= 11 is 2.27. The summed E-state index contributed by atoms with van der Waals surface area (Å²) < 4.78 is 3.14. The van der Waals surface area contributed by atoms with E-state index in [4.69, 9.17) is 0 Å². The highest BCUT2D eigenvalue weighted by molar-refractivity contribution is 14.1. The number of halogens is 1. The Bertz CT molecular complexity index is 435. The van der Waals surface area contributed by atoms with Crippen LogP contribution in [0.5, 0.6) is 0 Å². The van der Waals surface area contributed by atoms with Crippen molar-refractivity contribution in [2.75, 3.05) is 0 Å². The van der Waals surface area contributed by atoms with Crippen molar-refractivity contribution >= 4 is 33.8 Å². The molecular weight excluding hydrogens is 325 g/mol. The summed E-state index contributed by atoms with van der Waals surface area (Å²) in [6.45, 7) is 9.95. The minimum atomic E-state index is 0. The number of hydrogen-bond donors (Lipinski definition) is 0. The zero-order valence-electron chi connectivity index (χ0n) is 10.9. The molecule has 0 saturated heterocycles. The maximum Gasteiger partial charge on any atom is 0.159 e. The fourth-order valence-electron chi connectivity index (χ4n) is 1.18. The third-order valence-corrected chi connectivity index (χ3v) is 2.53. The highest BCUT2D eigenvalue weighted by Gasteiger charge is 2.05. The summed E-state index contributed by atoms with van der Waals surface area (Å²) in [4.78, 5) is 8.70. The lowest BCUT2D eigenvalue weighted by Crippen LogP contribution is -1.90. The molecule has 0 amide bonds. The van der Waals surface area contributed by atoms with Crippen molar-refractivity contribution in [2.45, 2.75) is 42.0 Å². The van der Waals surface area contributed by atoms with Gasteiger partial charge in [0.25, 0.3) is 0 Å². The Morgan fingerprint density at radius 1 is 1.18 bits per heavy atom. The van der Waals surface area contributed by atoms with Gasteiger partial charge in [-0.1, -0.05) is 35.1 Å². The average Bonchev–Trinajstić information content (AvgIpc) is 2.60. The van der Waals surface area contributed by atoms with Gasteiger partial charge in [0.1, 0.15) is 5.52 Å². The molecule has 2 heterocycles. The molecule has 0 radical (unpaired) electrons. The lowest BCUT2D eigenvalue weighted by atomic mass is 10.4. The quantitative estimate of drug-likeness (QED) is 0.653. The van der Waals surface area contributed by atoms with Crippen molar-refractivity contribution in [3.63, 3.8) is 0 Å². The second-order valence-corrected chi connectivity index (χ2v) is 3.93. The van der Waals surface area contributed by atoms with Gasteiger partial charge in [0.15, 0.2) is 5.65 Å². The molecule has 2 aromatic heterocycles. The first kappa shape index (κ1) is 18.7. The molecule has 0 aliphatic carbocycles. The second kappa shape index (κ2) is 9.39. The molecule has 0 aliphatic rings. The highest BCUT2D eigenvalue weighted by Crippen LogP contribution is 2.17. The van der Waals surface area contributed by atoms with Crippen LogP contribution in [0.4, 0.5) is 0 Å². The van der Waals surface area contributed by atoms with Crippen LogP contribution in [0.25, 0.3) is 11.2 Å². The van der Waals surface area contributed by atoms with Crippen molar-refractivity contribution in [3.05, 3.63) is 21.7 Å². The van der Waals surface area contributed by atoms with Crippen LogP contribution in [0.2, 0.25) is 0 Å². The largest absolute Gasteiger partial charge is 0.333 e. The molecule has 0 atom stereocenters. The fraction of sp³-hybridized carbons (Fsp3) is 0.538. The van der Waals surface area contributed by atoms with Crippen molar-refractivity contribution < 1.29 is 0 Å². The van der Waals surface area contributed by atoms with Crippen molar-refractivity contribution in [3.8, 4) is 0 Å². The van der Waals surface area contributed by atoms with Gasteiger partial charge in [-0.05, 0) is 29.5 Å². The minimum absolute atomic E-state index is 0. The molecule has 0 bridgehead atoms. The Morgan fingerprint density at radius 3 is 2.24 bits per heavy atom. The van der Waals surface area contributed by atoms with Gasteiger partial charge < -0.3 is 4.57 Å². The van der Waals surface area contributed by atoms with Gasteiger partial charge in [0.2, 0.25) is 0 Å². The van der Waals surface area contributed by atoms with Crippen LogP contribution in [0.15, 0.2) is 12.4 Å². The molecule has 2 aromatic rings. The number of aromatic nitrogens is 3. The summed E-state index contributed by atoms with van der Waals surface area (Å²) in [7, 11) is 1.98. The maximum atomic E-state index is 4.41. The van der Waals surface area contributed by atoms with E-state index in [1.807, 2.05) is 52.4 Å². The number of nitrogens with zero attached hydrogens (tertiary/aromatic N) is 3. The molecule has 0 spiro atoms. The third kappa shape index (κ3) is 4.61. The van der Waals surface area contributed by atoms with E-state index in [0.717, 1.165) is 20.4 Å². The van der Waals surface area contributed by atoms with Crippen LogP contribution >= 0.6 is 22.6 Å². The Labute approximate surface area is 119 Å². The molecule has 2 rings (SSSR count). The molecule has 17 heavy (non-hydrogen) atoms. The van der Waals surface area contributed by atoms with Gasteiger partial charge in [-0.3, -0.25) is 0 Å². The van der Waals surface area contributed by atoms with Crippen molar-refractivity contribution in [1.29, 1.82) is 0 Å². The zero-order chi connectivity index (χ0) is 12.7. The van der Waals surface area contributed by atoms with E-state index in [9.17, 15) is 0 Å². The summed E-state index contributed by atoms with van der Waals surface area (Å²) in [5.74, 6) is 0. The van der Waals surface area contributed by atoms with Gasteiger partial charge in [-0.2, -0.15) is 0 Å².